The van der Waals surface area contributed by atoms with Gasteiger partial charge in [0.05, 0.1) is 9.70 Å². The van der Waals surface area contributed by atoms with Crippen LogP contribution in [-0.2, 0) is 11.3 Å². The Bertz CT molecular complexity index is 361. The van der Waals surface area contributed by atoms with E-state index in [2.05, 4.69) is 37.9 Å². The largest absolute Gasteiger partial charge is 0.481 e. The molecule has 90 valence electrons. The van der Waals surface area contributed by atoms with Crippen molar-refractivity contribution in [2.45, 2.75) is 13.5 Å². The fourth-order valence-corrected chi connectivity index (χ4v) is 3.60. The van der Waals surface area contributed by atoms with Crippen molar-refractivity contribution in [2.75, 3.05) is 13.6 Å². The molecule has 16 heavy (non-hydrogen) atoms. The molecule has 1 rings (SSSR count). The van der Waals surface area contributed by atoms with E-state index in [0.717, 1.165) is 14.8 Å². The summed E-state index contributed by atoms with van der Waals surface area (Å²) in [7, 11) is 1.93. The van der Waals surface area contributed by atoms with Crippen LogP contribution >= 0.6 is 43.2 Å². The molecule has 1 N–H and O–H groups in total. The summed E-state index contributed by atoms with van der Waals surface area (Å²) in [5.74, 6) is -1.09. The van der Waals surface area contributed by atoms with Crippen molar-refractivity contribution in [3.8, 4) is 0 Å². The molecule has 0 fully saturated rings. The number of rotatable bonds is 5. The highest BCUT2D eigenvalue weighted by atomic mass is 79.9. The van der Waals surface area contributed by atoms with Gasteiger partial charge in [-0.1, -0.05) is 6.92 Å². The van der Waals surface area contributed by atoms with Crippen molar-refractivity contribution in [3.63, 3.8) is 0 Å². The molecule has 0 saturated carbocycles. The molecule has 6 heteroatoms. The van der Waals surface area contributed by atoms with Gasteiger partial charge in [-0.25, -0.2) is 0 Å². The van der Waals surface area contributed by atoms with Crippen LogP contribution in [0, 0.1) is 5.92 Å². The quantitative estimate of drug-likeness (QED) is 0.863. The number of carboxylic acids is 1. The van der Waals surface area contributed by atoms with Gasteiger partial charge in [0.2, 0.25) is 0 Å². The lowest BCUT2D eigenvalue weighted by atomic mass is 10.2. The van der Waals surface area contributed by atoms with Crippen LogP contribution in [0.2, 0.25) is 0 Å². The van der Waals surface area contributed by atoms with E-state index in [9.17, 15) is 4.79 Å². The minimum atomic E-state index is -0.750. The lowest BCUT2D eigenvalue weighted by Gasteiger charge is -2.17. The van der Waals surface area contributed by atoms with Crippen LogP contribution in [0.3, 0.4) is 0 Å². The third-order valence-corrected chi connectivity index (χ3v) is 5.37. The van der Waals surface area contributed by atoms with Crippen molar-refractivity contribution in [1.82, 2.24) is 4.90 Å². The molecule has 0 amide bonds. The van der Waals surface area contributed by atoms with E-state index >= 15 is 0 Å². The molecule has 0 bridgehead atoms. The lowest BCUT2D eigenvalue weighted by Crippen LogP contribution is -2.27. The predicted molar refractivity (Wildman–Crippen MR) is 72.9 cm³/mol. The molecule has 0 aromatic carbocycles. The first-order valence-electron chi connectivity index (χ1n) is 4.75. The molecule has 1 atom stereocenters. The Morgan fingerprint density at radius 3 is 2.69 bits per heavy atom. The molecule has 3 nitrogen and oxygen atoms in total. The maximum atomic E-state index is 10.7. The standard InChI is InChI=1S/C10H13Br2NO2S/c1-6(10(14)15)4-13(2)5-7-3-8(11)9(12)16-7/h3,6H,4-5H2,1-2H3,(H,14,15). The smallest absolute Gasteiger partial charge is 0.307 e. The Morgan fingerprint density at radius 2 is 2.25 bits per heavy atom. The number of halogens is 2. The van der Waals surface area contributed by atoms with Crippen LogP contribution in [0.25, 0.3) is 0 Å². The Morgan fingerprint density at radius 1 is 1.62 bits per heavy atom. The minimum Gasteiger partial charge on any atom is -0.481 e. The van der Waals surface area contributed by atoms with Crippen LogP contribution in [0.15, 0.2) is 14.3 Å². The summed E-state index contributed by atoms with van der Waals surface area (Å²) in [6.07, 6.45) is 0. The number of carboxylic acid groups (broad SMARTS) is 1. The monoisotopic (exact) mass is 369 g/mol. The van der Waals surface area contributed by atoms with Crippen LogP contribution in [0.4, 0.5) is 0 Å². The minimum absolute atomic E-state index is 0.336. The van der Waals surface area contributed by atoms with Crippen molar-refractivity contribution in [2.24, 2.45) is 5.92 Å². The van der Waals surface area contributed by atoms with Gasteiger partial charge in [-0.05, 0) is 45.0 Å². The maximum Gasteiger partial charge on any atom is 0.307 e. The molecule has 0 radical (unpaired) electrons. The number of nitrogens with zero attached hydrogens (tertiary/aromatic N) is 1. The lowest BCUT2D eigenvalue weighted by molar-refractivity contribution is -0.141. The summed E-state index contributed by atoms with van der Waals surface area (Å²) in [5, 5.41) is 8.81. The van der Waals surface area contributed by atoms with Crippen LogP contribution in [-0.4, -0.2) is 29.6 Å². The maximum absolute atomic E-state index is 10.7. The van der Waals surface area contributed by atoms with Crippen LogP contribution in [0.5, 0.6) is 0 Å². The topological polar surface area (TPSA) is 40.5 Å². The zero-order valence-corrected chi connectivity index (χ0v) is 13.0. The fourth-order valence-electron chi connectivity index (χ4n) is 1.35. The van der Waals surface area contributed by atoms with E-state index < -0.39 is 5.97 Å². The number of thiophene rings is 1. The van der Waals surface area contributed by atoms with E-state index in [-0.39, 0.29) is 5.92 Å². The first kappa shape index (κ1) is 14.2. The van der Waals surface area contributed by atoms with Gasteiger partial charge in [-0.2, -0.15) is 0 Å². The normalized spacial score (nSPS) is 13.1. The Kier molecular flexibility index (Phi) is 5.43. The SMILES string of the molecule is CC(CN(C)Cc1cc(Br)c(Br)s1)C(=O)O. The Hall–Kier alpha value is 0.0900. The molecule has 0 aliphatic carbocycles. The van der Waals surface area contributed by atoms with Crippen molar-refractivity contribution in [3.05, 3.63) is 19.2 Å². The Balaban J connectivity index is 2.51. The summed E-state index contributed by atoms with van der Waals surface area (Å²) in [5.41, 5.74) is 0. The second-order valence-electron chi connectivity index (χ2n) is 3.77. The second-order valence-corrected chi connectivity index (χ2v) is 7.08. The van der Waals surface area contributed by atoms with Crippen LogP contribution < -0.4 is 0 Å². The summed E-state index contributed by atoms with van der Waals surface area (Å²) in [6.45, 7) is 3.05. The van der Waals surface area contributed by atoms with Gasteiger partial charge in [0.25, 0.3) is 0 Å². The van der Waals surface area contributed by atoms with Crippen molar-refractivity contribution in [1.29, 1.82) is 0 Å². The highest BCUT2D eigenvalue weighted by molar-refractivity contribution is 9.13. The molecule has 0 spiro atoms. The average molecular weight is 371 g/mol. The number of aliphatic carboxylic acids is 1. The van der Waals surface area contributed by atoms with Crippen molar-refractivity contribution >= 4 is 49.2 Å². The van der Waals surface area contributed by atoms with E-state index in [1.807, 2.05) is 11.9 Å². The van der Waals surface area contributed by atoms with E-state index in [4.69, 9.17) is 5.11 Å². The highest BCUT2D eigenvalue weighted by Crippen LogP contribution is 2.32. The summed E-state index contributed by atoms with van der Waals surface area (Å²) in [6, 6.07) is 2.05. The molecular weight excluding hydrogens is 358 g/mol. The molecule has 0 saturated heterocycles. The highest BCUT2D eigenvalue weighted by Gasteiger charge is 2.14. The van der Waals surface area contributed by atoms with Gasteiger partial charge in [0.15, 0.2) is 0 Å². The average Bonchev–Trinajstić information content (AvgIpc) is 2.45. The summed E-state index contributed by atoms with van der Waals surface area (Å²) >= 11 is 8.53. The molecule has 1 heterocycles. The zero-order chi connectivity index (χ0) is 12.3. The first-order chi connectivity index (χ1) is 7.40. The Labute approximate surface area is 116 Å². The molecular formula is C10H13Br2NO2S. The molecule has 1 unspecified atom stereocenters. The number of carbonyl (C=O) groups is 1. The zero-order valence-electron chi connectivity index (χ0n) is 9.04. The number of hydrogen-bond donors (Lipinski definition) is 1. The van der Waals surface area contributed by atoms with Gasteiger partial charge in [-0.15, -0.1) is 11.3 Å². The van der Waals surface area contributed by atoms with E-state index in [1.54, 1.807) is 18.3 Å². The third-order valence-electron chi connectivity index (χ3n) is 2.13. The molecule has 0 aliphatic heterocycles. The van der Waals surface area contributed by atoms with Gasteiger partial charge >= 0.3 is 5.97 Å². The predicted octanol–water partition coefficient (Wildman–Crippen LogP) is 3.43. The summed E-state index contributed by atoms with van der Waals surface area (Å²) in [4.78, 5) is 13.9. The van der Waals surface area contributed by atoms with Gasteiger partial charge in [-0.3, -0.25) is 4.79 Å². The van der Waals surface area contributed by atoms with Crippen LogP contribution in [0.1, 0.15) is 11.8 Å². The van der Waals surface area contributed by atoms with E-state index in [0.29, 0.717) is 6.54 Å². The number of hydrogen-bond acceptors (Lipinski definition) is 3. The summed E-state index contributed by atoms with van der Waals surface area (Å²) < 4.78 is 2.12. The first-order valence-corrected chi connectivity index (χ1v) is 7.15. The molecule has 1 aromatic rings. The van der Waals surface area contributed by atoms with Gasteiger partial charge in [0, 0.05) is 22.4 Å². The second kappa shape index (κ2) is 6.14. The van der Waals surface area contributed by atoms with E-state index in [1.165, 1.54) is 4.88 Å². The van der Waals surface area contributed by atoms with Gasteiger partial charge < -0.3 is 10.0 Å². The molecule has 1 aromatic heterocycles. The molecule has 0 aliphatic rings. The van der Waals surface area contributed by atoms with Crippen molar-refractivity contribution < 1.29 is 9.90 Å². The fraction of sp³-hybridized carbons (Fsp3) is 0.500. The third kappa shape index (κ3) is 4.16. The van der Waals surface area contributed by atoms with Gasteiger partial charge in [0.1, 0.15) is 0 Å².